The van der Waals surface area contributed by atoms with E-state index in [0.717, 1.165) is 42.2 Å². The number of hydrogen-bond donors (Lipinski definition) is 1. The van der Waals surface area contributed by atoms with E-state index in [1.807, 2.05) is 18.5 Å². The van der Waals surface area contributed by atoms with Crippen LogP contribution >= 0.6 is 0 Å². The molecule has 2 fully saturated rings. The number of imidazole rings is 1. The van der Waals surface area contributed by atoms with E-state index in [0.29, 0.717) is 6.04 Å². The maximum Gasteiger partial charge on any atom is 0.494 e. The Balaban J connectivity index is 1.56. The van der Waals surface area contributed by atoms with E-state index < -0.39 is 13.2 Å². The Morgan fingerprint density at radius 2 is 1.82 bits per heavy atom. The van der Waals surface area contributed by atoms with Gasteiger partial charge in [0.2, 0.25) is 0 Å². The van der Waals surface area contributed by atoms with E-state index in [4.69, 9.17) is 19.8 Å². The zero-order valence-corrected chi connectivity index (χ0v) is 17.0. The predicted octanol–water partition coefficient (Wildman–Crippen LogP) is 2.91. The van der Waals surface area contributed by atoms with Crippen molar-refractivity contribution >= 4 is 29.7 Å². The first-order chi connectivity index (χ1) is 13.2. The van der Waals surface area contributed by atoms with Crippen molar-refractivity contribution in [2.24, 2.45) is 5.73 Å². The Hall–Kier alpha value is -2.06. The summed E-state index contributed by atoms with van der Waals surface area (Å²) in [6, 6.07) is 6.50. The van der Waals surface area contributed by atoms with Gasteiger partial charge in [-0.15, -0.1) is 0 Å². The van der Waals surface area contributed by atoms with Gasteiger partial charge in [0.05, 0.1) is 28.6 Å². The Labute approximate surface area is 165 Å². The first kappa shape index (κ1) is 19.3. The van der Waals surface area contributed by atoms with Crippen LogP contribution in [0.1, 0.15) is 59.4 Å². The van der Waals surface area contributed by atoms with Gasteiger partial charge in [0.1, 0.15) is 6.10 Å². The SMILES string of the molecule is CC1(C)OB(c2ccc3ncn(C4CCC(OC(N)=O)CC4)c3c2)OC1(C)C. The Morgan fingerprint density at radius 1 is 1.18 bits per heavy atom. The van der Waals surface area contributed by atoms with Gasteiger partial charge in [0.25, 0.3) is 0 Å². The summed E-state index contributed by atoms with van der Waals surface area (Å²) in [7, 11) is -0.391. The second kappa shape index (κ2) is 6.78. The zero-order chi connectivity index (χ0) is 20.1. The zero-order valence-electron chi connectivity index (χ0n) is 17.0. The summed E-state index contributed by atoms with van der Waals surface area (Å²) in [5.41, 5.74) is 7.43. The summed E-state index contributed by atoms with van der Waals surface area (Å²) < 4.78 is 19.8. The minimum Gasteiger partial charge on any atom is -0.446 e. The summed E-state index contributed by atoms with van der Waals surface area (Å²) in [6.45, 7) is 8.23. The molecule has 1 aromatic carbocycles. The lowest BCUT2D eigenvalue weighted by molar-refractivity contribution is 0.00578. The van der Waals surface area contributed by atoms with Gasteiger partial charge < -0.3 is 24.3 Å². The average molecular weight is 385 g/mol. The van der Waals surface area contributed by atoms with Gasteiger partial charge in [-0.3, -0.25) is 0 Å². The van der Waals surface area contributed by atoms with Gasteiger partial charge in [-0.05, 0) is 71.0 Å². The normalized spacial score (nSPS) is 26.5. The minimum atomic E-state index is -0.691. The number of carbonyl (C=O) groups excluding carboxylic acids is 1. The topological polar surface area (TPSA) is 88.6 Å². The molecule has 1 amide bonds. The summed E-state index contributed by atoms with van der Waals surface area (Å²) in [5.74, 6) is 0. The number of nitrogens with two attached hydrogens (primary N) is 1. The number of fused-ring (bicyclic) bond motifs is 1. The van der Waals surface area contributed by atoms with Crippen LogP contribution in [0.3, 0.4) is 0 Å². The number of aromatic nitrogens is 2. The number of benzene rings is 1. The smallest absolute Gasteiger partial charge is 0.446 e. The molecule has 0 unspecified atom stereocenters. The van der Waals surface area contributed by atoms with Crippen molar-refractivity contribution in [3.63, 3.8) is 0 Å². The molecular formula is C20H28BN3O4. The molecule has 2 N–H and O–H groups in total. The van der Waals surface area contributed by atoms with Crippen molar-refractivity contribution in [2.45, 2.75) is 76.7 Å². The number of hydrogen-bond acceptors (Lipinski definition) is 5. The third-order valence-electron chi connectivity index (χ3n) is 6.44. The summed E-state index contributed by atoms with van der Waals surface area (Å²) in [4.78, 5) is 15.5. The fraction of sp³-hybridized carbons (Fsp3) is 0.600. The predicted molar refractivity (Wildman–Crippen MR) is 107 cm³/mol. The fourth-order valence-corrected chi connectivity index (χ4v) is 4.07. The molecule has 7 nitrogen and oxygen atoms in total. The van der Waals surface area contributed by atoms with Crippen molar-refractivity contribution in [1.29, 1.82) is 0 Å². The van der Waals surface area contributed by atoms with Crippen LogP contribution in [-0.2, 0) is 14.0 Å². The summed E-state index contributed by atoms with van der Waals surface area (Å²) >= 11 is 0. The molecule has 1 saturated heterocycles. The number of nitrogens with zero attached hydrogens (tertiary/aromatic N) is 2. The van der Waals surface area contributed by atoms with Crippen LogP contribution in [0.15, 0.2) is 24.5 Å². The third-order valence-corrected chi connectivity index (χ3v) is 6.44. The third kappa shape index (κ3) is 3.39. The van der Waals surface area contributed by atoms with Gasteiger partial charge in [0.15, 0.2) is 0 Å². The van der Waals surface area contributed by atoms with E-state index in [1.165, 1.54) is 0 Å². The maximum atomic E-state index is 11.0. The molecule has 1 aliphatic carbocycles. The highest BCUT2D eigenvalue weighted by Gasteiger charge is 2.51. The molecule has 0 atom stereocenters. The Morgan fingerprint density at radius 3 is 2.43 bits per heavy atom. The van der Waals surface area contributed by atoms with Crippen LogP contribution < -0.4 is 11.2 Å². The van der Waals surface area contributed by atoms with Crippen molar-refractivity contribution in [3.05, 3.63) is 24.5 Å². The van der Waals surface area contributed by atoms with Crippen LogP contribution in [0.5, 0.6) is 0 Å². The molecule has 4 rings (SSSR count). The quantitative estimate of drug-likeness (QED) is 0.821. The number of primary amides is 1. The van der Waals surface area contributed by atoms with E-state index in [9.17, 15) is 4.79 Å². The van der Waals surface area contributed by atoms with Gasteiger partial charge in [-0.1, -0.05) is 6.07 Å². The molecule has 1 aliphatic heterocycles. The van der Waals surface area contributed by atoms with Crippen LogP contribution in [0, 0.1) is 0 Å². The van der Waals surface area contributed by atoms with Crippen molar-refractivity contribution in [1.82, 2.24) is 9.55 Å². The molecule has 28 heavy (non-hydrogen) atoms. The number of ether oxygens (including phenoxy) is 1. The minimum absolute atomic E-state index is 0.0798. The van der Waals surface area contributed by atoms with Gasteiger partial charge in [0, 0.05) is 6.04 Å². The number of amides is 1. The Bertz CT molecular complexity index is 871. The van der Waals surface area contributed by atoms with Crippen LogP contribution in [-0.4, -0.2) is 40.1 Å². The molecule has 2 aromatic rings. The van der Waals surface area contributed by atoms with Crippen LogP contribution in [0.2, 0.25) is 0 Å². The Kier molecular flexibility index (Phi) is 4.66. The first-order valence-corrected chi connectivity index (χ1v) is 9.94. The molecule has 2 aliphatic rings. The monoisotopic (exact) mass is 385 g/mol. The molecule has 0 spiro atoms. The van der Waals surface area contributed by atoms with E-state index >= 15 is 0 Å². The van der Waals surface area contributed by atoms with E-state index in [1.54, 1.807) is 0 Å². The summed E-state index contributed by atoms with van der Waals surface area (Å²) in [6.07, 6.45) is 4.59. The van der Waals surface area contributed by atoms with Gasteiger partial charge >= 0.3 is 13.2 Å². The van der Waals surface area contributed by atoms with E-state index in [-0.39, 0.29) is 17.3 Å². The highest BCUT2D eigenvalue weighted by molar-refractivity contribution is 6.62. The molecule has 8 heteroatoms. The lowest BCUT2D eigenvalue weighted by Crippen LogP contribution is -2.41. The molecule has 1 aromatic heterocycles. The highest BCUT2D eigenvalue weighted by Crippen LogP contribution is 2.37. The molecule has 2 heterocycles. The largest absolute Gasteiger partial charge is 0.494 e. The molecule has 1 saturated carbocycles. The fourth-order valence-electron chi connectivity index (χ4n) is 4.07. The molecular weight excluding hydrogens is 357 g/mol. The lowest BCUT2D eigenvalue weighted by atomic mass is 9.79. The van der Waals surface area contributed by atoms with Crippen molar-refractivity contribution < 1.29 is 18.8 Å². The lowest BCUT2D eigenvalue weighted by Gasteiger charge is -2.32. The summed E-state index contributed by atoms with van der Waals surface area (Å²) in [5, 5.41) is 0. The second-order valence-corrected chi connectivity index (χ2v) is 8.86. The van der Waals surface area contributed by atoms with Crippen molar-refractivity contribution in [3.8, 4) is 0 Å². The van der Waals surface area contributed by atoms with Gasteiger partial charge in [-0.25, -0.2) is 9.78 Å². The van der Waals surface area contributed by atoms with Crippen LogP contribution in [0.25, 0.3) is 11.0 Å². The first-order valence-electron chi connectivity index (χ1n) is 9.94. The molecule has 150 valence electrons. The van der Waals surface area contributed by atoms with E-state index in [2.05, 4.69) is 43.3 Å². The van der Waals surface area contributed by atoms with Gasteiger partial charge in [-0.2, -0.15) is 0 Å². The maximum absolute atomic E-state index is 11.0. The average Bonchev–Trinajstić information content (AvgIpc) is 3.12. The standard InChI is InChI=1S/C20H28BN3O4/c1-19(2)20(3,4)28-21(27-19)13-5-10-16-17(11-13)24(12-23-16)14-6-8-15(9-7-14)26-18(22)25/h5,10-12,14-15H,6-9H2,1-4H3,(H2,22,25). The number of carbonyl (C=O) groups is 1. The molecule has 0 bridgehead atoms. The highest BCUT2D eigenvalue weighted by atomic mass is 16.7. The second-order valence-electron chi connectivity index (χ2n) is 8.86. The molecule has 0 radical (unpaired) electrons. The van der Waals surface area contributed by atoms with Crippen molar-refractivity contribution in [2.75, 3.05) is 0 Å². The van der Waals surface area contributed by atoms with Crippen LogP contribution in [0.4, 0.5) is 4.79 Å². The number of rotatable bonds is 3.